The summed E-state index contributed by atoms with van der Waals surface area (Å²) in [4.78, 5) is 23.5. The highest BCUT2D eigenvalue weighted by atomic mass is 16.2. The van der Waals surface area contributed by atoms with E-state index in [2.05, 4.69) is 10.6 Å². The molecule has 0 atom stereocenters. The van der Waals surface area contributed by atoms with E-state index in [4.69, 9.17) is 5.26 Å². The maximum absolute atomic E-state index is 11.8. The van der Waals surface area contributed by atoms with Crippen molar-refractivity contribution in [3.8, 4) is 6.07 Å². The summed E-state index contributed by atoms with van der Waals surface area (Å²) in [6.45, 7) is 0. The van der Waals surface area contributed by atoms with Gasteiger partial charge in [-0.2, -0.15) is 5.26 Å². The third-order valence-corrected chi connectivity index (χ3v) is 2.70. The van der Waals surface area contributed by atoms with Gasteiger partial charge in [0.15, 0.2) is 0 Å². The highest BCUT2D eigenvalue weighted by molar-refractivity contribution is 6.08. The number of anilines is 2. The minimum Gasteiger partial charge on any atom is -0.326 e. The summed E-state index contributed by atoms with van der Waals surface area (Å²) in [5, 5.41) is 14.1. The van der Waals surface area contributed by atoms with Crippen LogP contribution in [0.25, 0.3) is 0 Å². The lowest BCUT2D eigenvalue weighted by Crippen LogP contribution is -2.21. The minimum atomic E-state index is -0.467. The van der Waals surface area contributed by atoms with Crippen LogP contribution in [0.2, 0.25) is 0 Å². The van der Waals surface area contributed by atoms with Crippen molar-refractivity contribution in [2.45, 2.75) is 6.42 Å². The second-order valence-corrected chi connectivity index (χ2v) is 4.30. The number of amides is 2. The lowest BCUT2D eigenvalue weighted by Gasteiger charge is -2.07. The molecular weight excluding hydrogens is 266 g/mol. The summed E-state index contributed by atoms with van der Waals surface area (Å²) >= 11 is 0. The number of para-hydroxylation sites is 2. The molecule has 2 N–H and O–H groups in total. The Bertz CT molecular complexity index is 690. The summed E-state index contributed by atoms with van der Waals surface area (Å²) in [5.41, 5.74) is 1.39. The smallest absolute Gasteiger partial charge is 0.233 e. The first kappa shape index (κ1) is 14.3. The van der Waals surface area contributed by atoms with Gasteiger partial charge in [0.1, 0.15) is 12.5 Å². The zero-order chi connectivity index (χ0) is 15.1. The fourth-order valence-electron chi connectivity index (χ4n) is 1.76. The van der Waals surface area contributed by atoms with E-state index in [9.17, 15) is 9.59 Å². The monoisotopic (exact) mass is 279 g/mol. The minimum absolute atomic E-state index is 0.311. The number of hydrogen-bond donors (Lipinski definition) is 2. The van der Waals surface area contributed by atoms with Crippen LogP contribution in [0.3, 0.4) is 0 Å². The van der Waals surface area contributed by atoms with Gasteiger partial charge >= 0.3 is 0 Å². The molecule has 0 aliphatic heterocycles. The van der Waals surface area contributed by atoms with E-state index in [0.29, 0.717) is 16.9 Å². The van der Waals surface area contributed by atoms with E-state index in [0.717, 1.165) is 0 Å². The Morgan fingerprint density at radius 2 is 1.52 bits per heavy atom. The first-order valence-electron chi connectivity index (χ1n) is 6.33. The SMILES string of the molecule is N#Cc1ccccc1NC(=O)CC(=O)Nc1ccccc1. The van der Waals surface area contributed by atoms with Crippen molar-refractivity contribution in [1.29, 1.82) is 5.26 Å². The summed E-state index contributed by atoms with van der Waals surface area (Å²) in [6, 6.07) is 17.5. The zero-order valence-corrected chi connectivity index (χ0v) is 11.2. The van der Waals surface area contributed by atoms with Crippen LogP contribution in [0.5, 0.6) is 0 Å². The Kier molecular flexibility index (Phi) is 4.67. The van der Waals surface area contributed by atoms with Crippen LogP contribution >= 0.6 is 0 Å². The molecule has 0 fully saturated rings. The highest BCUT2D eigenvalue weighted by Gasteiger charge is 2.11. The second-order valence-electron chi connectivity index (χ2n) is 4.30. The lowest BCUT2D eigenvalue weighted by molar-refractivity contribution is -0.123. The van der Waals surface area contributed by atoms with E-state index in [1.54, 1.807) is 48.5 Å². The number of carbonyl (C=O) groups is 2. The zero-order valence-electron chi connectivity index (χ0n) is 11.2. The van der Waals surface area contributed by atoms with Gasteiger partial charge in [0.2, 0.25) is 11.8 Å². The van der Waals surface area contributed by atoms with Crippen LogP contribution < -0.4 is 10.6 Å². The van der Waals surface area contributed by atoms with Crippen LogP contribution in [0.4, 0.5) is 11.4 Å². The molecule has 0 bridgehead atoms. The van der Waals surface area contributed by atoms with Crippen molar-refractivity contribution < 1.29 is 9.59 Å². The van der Waals surface area contributed by atoms with Gasteiger partial charge in [0.05, 0.1) is 11.3 Å². The molecule has 0 aliphatic rings. The quantitative estimate of drug-likeness (QED) is 0.844. The van der Waals surface area contributed by atoms with E-state index < -0.39 is 11.8 Å². The summed E-state index contributed by atoms with van der Waals surface area (Å²) < 4.78 is 0. The highest BCUT2D eigenvalue weighted by Crippen LogP contribution is 2.14. The summed E-state index contributed by atoms with van der Waals surface area (Å²) in [6.07, 6.45) is -0.311. The Morgan fingerprint density at radius 1 is 0.905 bits per heavy atom. The molecule has 2 amide bonds. The van der Waals surface area contributed by atoms with E-state index >= 15 is 0 Å². The van der Waals surface area contributed by atoms with Crippen molar-refractivity contribution in [3.05, 3.63) is 60.2 Å². The molecule has 0 spiro atoms. The van der Waals surface area contributed by atoms with Crippen LogP contribution in [-0.2, 0) is 9.59 Å². The molecule has 0 aliphatic carbocycles. The predicted octanol–water partition coefficient (Wildman–Crippen LogP) is 2.53. The molecule has 104 valence electrons. The van der Waals surface area contributed by atoms with Gasteiger partial charge in [0.25, 0.3) is 0 Å². The van der Waals surface area contributed by atoms with Gasteiger partial charge in [-0.15, -0.1) is 0 Å². The largest absolute Gasteiger partial charge is 0.326 e. The molecule has 5 nitrogen and oxygen atoms in total. The summed E-state index contributed by atoms with van der Waals surface area (Å²) in [5.74, 6) is -0.876. The van der Waals surface area contributed by atoms with Crippen molar-refractivity contribution in [2.75, 3.05) is 10.6 Å². The van der Waals surface area contributed by atoms with Crippen molar-refractivity contribution in [2.24, 2.45) is 0 Å². The first-order chi connectivity index (χ1) is 10.2. The van der Waals surface area contributed by atoms with E-state index in [1.165, 1.54) is 0 Å². The number of nitrogens with zero attached hydrogens (tertiary/aromatic N) is 1. The Morgan fingerprint density at radius 3 is 2.24 bits per heavy atom. The maximum atomic E-state index is 11.8. The summed E-state index contributed by atoms with van der Waals surface area (Å²) in [7, 11) is 0. The Labute approximate surface area is 122 Å². The topological polar surface area (TPSA) is 82.0 Å². The third kappa shape index (κ3) is 4.18. The number of benzene rings is 2. The molecule has 0 heterocycles. The van der Waals surface area contributed by atoms with E-state index in [-0.39, 0.29) is 6.42 Å². The van der Waals surface area contributed by atoms with Gasteiger partial charge in [0, 0.05) is 5.69 Å². The molecule has 0 saturated heterocycles. The molecule has 0 unspecified atom stereocenters. The molecule has 21 heavy (non-hydrogen) atoms. The Balaban J connectivity index is 1.93. The standard InChI is InChI=1S/C16H13N3O2/c17-11-12-6-4-5-9-14(12)19-16(21)10-15(20)18-13-7-2-1-3-8-13/h1-9H,10H2,(H,18,20)(H,19,21). The number of carbonyl (C=O) groups excluding carboxylic acids is 2. The maximum Gasteiger partial charge on any atom is 0.233 e. The van der Waals surface area contributed by atoms with Crippen LogP contribution in [0.1, 0.15) is 12.0 Å². The molecule has 5 heteroatoms. The van der Waals surface area contributed by atoms with E-state index in [1.807, 2.05) is 12.1 Å². The number of nitrogens with one attached hydrogen (secondary N) is 2. The predicted molar refractivity (Wildman–Crippen MR) is 79.5 cm³/mol. The van der Waals surface area contributed by atoms with Crippen molar-refractivity contribution in [1.82, 2.24) is 0 Å². The lowest BCUT2D eigenvalue weighted by atomic mass is 10.2. The number of rotatable bonds is 4. The molecule has 0 radical (unpaired) electrons. The molecule has 2 rings (SSSR count). The molecule has 2 aromatic carbocycles. The normalized spacial score (nSPS) is 9.48. The second kappa shape index (κ2) is 6.87. The fourth-order valence-corrected chi connectivity index (χ4v) is 1.76. The molecule has 0 saturated carbocycles. The molecule has 2 aromatic rings. The molecular formula is C16H13N3O2. The van der Waals surface area contributed by atoms with Gasteiger partial charge in [-0.05, 0) is 24.3 Å². The average Bonchev–Trinajstić information content (AvgIpc) is 2.48. The van der Waals surface area contributed by atoms with Gasteiger partial charge < -0.3 is 10.6 Å². The Hall–Kier alpha value is -3.13. The number of nitriles is 1. The van der Waals surface area contributed by atoms with Crippen LogP contribution in [0, 0.1) is 11.3 Å². The number of hydrogen-bond acceptors (Lipinski definition) is 3. The first-order valence-corrected chi connectivity index (χ1v) is 6.33. The fraction of sp³-hybridized carbons (Fsp3) is 0.0625. The van der Waals surface area contributed by atoms with Crippen LogP contribution in [-0.4, -0.2) is 11.8 Å². The van der Waals surface area contributed by atoms with Gasteiger partial charge in [-0.1, -0.05) is 30.3 Å². The van der Waals surface area contributed by atoms with Gasteiger partial charge in [-0.3, -0.25) is 9.59 Å². The molecule has 0 aromatic heterocycles. The third-order valence-electron chi connectivity index (χ3n) is 2.70. The van der Waals surface area contributed by atoms with Crippen molar-refractivity contribution >= 4 is 23.2 Å². The average molecular weight is 279 g/mol. The van der Waals surface area contributed by atoms with Crippen LogP contribution in [0.15, 0.2) is 54.6 Å². The van der Waals surface area contributed by atoms with Gasteiger partial charge in [-0.25, -0.2) is 0 Å². The van der Waals surface area contributed by atoms with Crippen molar-refractivity contribution in [3.63, 3.8) is 0 Å².